The van der Waals surface area contributed by atoms with Gasteiger partial charge >= 0.3 is 0 Å². The van der Waals surface area contributed by atoms with E-state index in [-0.39, 0.29) is 0 Å². The molecule has 20 heavy (non-hydrogen) atoms. The zero-order chi connectivity index (χ0) is 14.4. The fourth-order valence-electron chi connectivity index (χ4n) is 3.69. The Morgan fingerprint density at radius 1 is 1.20 bits per heavy atom. The fourth-order valence-corrected chi connectivity index (χ4v) is 3.69. The van der Waals surface area contributed by atoms with Crippen molar-refractivity contribution in [2.45, 2.75) is 64.8 Å². The van der Waals surface area contributed by atoms with E-state index in [0.717, 1.165) is 5.92 Å². The summed E-state index contributed by atoms with van der Waals surface area (Å²) in [7, 11) is 0. The van der Waals surface area contributed by atoms with Crippen LogP contribution in [0, 0.1) is 11.8 Å². The lowest BCUT2D eigenvalue weighted by atomic mass is 9.75. The largest absolute Gasteiger partial charge is 0.271 e. The Balaban J connectivity index is 2.06. The van der Waals surface area contributed by atoms with Crippen LogP contribution < -0.4 is 11.3 Å². The van der Waals surface area contributed by atoms with Gasteiger partial charge in [-0.25, -0.2) is 0 Å². The highest BCUT2D eigenvalue weighted by Gasteiger charge is 2.28. The molecule has 112 valence electrons. The van der Waals surface area contributed by atoms with Crippen LogP contribution in [-0.4, -0.2) is 0 Å². The Kier molecular flexibility index (Phi) is 6.06. The number of rotatable bonds is 6. The van der Waals surface area contributed by atoms with Crippen molar-refractivity contribution in [2.24, 2.45) is 17.7 Å². The molecule has 1 saturated carbocycles. The first-order valence-corrected chi connectivity index (χ1v) is 8.33. The Morgan fingerprint density at radius 3 is 2.55 bits per heavy atom. The molecule has 3 atom stereocenters. The predicted octanol–water partition coefficient (Wildman–Crippen LogP) is 4.36. The highest BCUT2D eigenvalue weighted by Crippen LogP contribution is 2.38. The Hall–Kier alpha value is -0.860. The first-order chi connectivity index (χ1) is 9.78. The van der Waals surface area contributed by atoms with Crippen molar-refractivity contribution in [1.82, 2.24) is 5.43 Å². The van der Waals surface area contributed by atoms with Crippen molar-refractivity contribution >= 4 is 0 Å². The molecular weight excluding hydrogens is 244 g/mol. The molecule has 0 saturated heterocycles. The molecule has 0 radical (unpaired) electrons. The number of hydrazine groups is 1. The summed E-state index contributed by atoms with van der Waals surface area (Å²) in [6.07, 6.45) is 9.07. The van der Waals surface area contributed by atoms with E-state index in [0.29, 0.717) is 12.0 Å². The SMILES string of the molecule is CCCc1ccc(C(NN)C2CCCC(CC)C2)cc1. The normalized spacial score (nSPS) is 24.6. The molecule has 0 spiro atoms. The van der Waals surface area contributed by atoms with E-state index in [1.165, 1.54) is 56.1 Å². The van der Waals surface area contributed by atoms with Gasteiger partial charge in [-0.2, -0.15) is 0 Å². The quantitative estimate of drug-likeness (QED) is 0.597. The lowest BCUT2D eigenvalue weighted by Crippen LogP contribution is -2.35. The lowest BCUT2D eigenvalue weighted by molar-refractivity contribution is 0.210. The topological polar surface area (TPSA) is 38.0 Å². The van der Waals surface area contributed by atoms with Crippen LogP contribution in [0.15, 0.2) is 24.3 Å². The zero-order valence-corrected chi connectivity index (χ0v) is 13.1. The number of hydrogen-bond donors (Lipinski definition) is 2. The van der Waals surface area contributed by atoms with Gasteiger partial charge in [-0.1, -0.05) is 63.8 Å². The molecule has 0 aliphatic heterocycles. The molecule has 0 bridgehead atoms. The van der Waals surface area contributed by atoms with E-state index in [2.05, 4.69) is 43.5 Å². The number of nitrogens with two attached hydrogens (primary N) is 1. The average molecular weight is 274 g/mol. The Bertz CT molecular complexity index is 385. The molecule has 3 unspecified atom stereocenters. The maximum atomic E-state index is 5.87. The van der Waals surface area contributed by atoms with Crippen LogP contribution in [0.1, 0.15) is 69.5 Å². The highest BCUT2D eigenvalue weighted by molar-refractivity contribution is 5.25. The van der Waals surface area contributed by atoms with Crippen LogP contribution in [0.4, 0.5) is 0 Å². The van der Waals surface area contributed by atoms with Gasteiger partial charge in [-0.15, -0.1) is 0 Å². The Labute approximate surface area is 124 Å². The molecule has 2 nitrogen and oxygen atoms in total. The van der Waals surface area contributed by atoms with Crippen molar-refractivity contribution in [3.63, 3.8) is 0 Å². The summed E-state index contributed by atoms with van der Waals surface area (Å²) in [4.78, 5) is 0. The van der Waals surface area contributed by atoms with E-state index in [1.807, 2.05) is 0 Å². The molecule has 1 aliphatic rings. The van der Waals surface area contributed by atoms with Gasteiger partial charge in [-0.05, 0) is 42.2 Å². The van der Waals surface area contributed by atoms with Crippen LogP contribution in [0.5, 0.6) is 0 Å². The minimum absolute atomic E-state index is 0.319. The summed E-state index contributed by atoms with van der Waals surface area (Å²) in [6, 6.07) is 9.39. The van der Waals surface area contributed by atoms with Crippen molar-refractivity contribution in [3.05, 3.63) is 35.4 Å². The second-order valence-corrected chi connectivity index (χ2v) is 6.34. The van der Waals surface area contributed by atoms with Gasteiger partial charge < -0.3 is 0 Å². The van der Waals surface area contributed by atoms with Crippen LogP contribution in [-0.2, 0) is 6.42 Å². The minimum Gasteiger partial charge on any atom is -0.271 e. The summed E-state index contributed by atoms with van der Waals surface area (Å²) in [5, 5.41) is 0. The van der Waals surface area contributed by atoms with Gasteiger partial charge in [-0.3, -0.25) is 11.3 Å². The highest BCUT2D eigenvalue weighted by atomic mass is 15.2. The third-order valence-corrected chi connectivity index (χ3v) is 4.93. The van der Waals surface area contributed by atoms with Gasteiger partial charge in [0, 0.05) is 6.04 Å². The second kappa shape index (κ2) is 7.80. The molecule has 0 heterocycles. The number of aryl methyl sites for hydroxylation is 1. The van der Waals surface area contributed by atoms with Gasteiger partial charge in [0.2, 0.25) is 0 Å². The van der Waals surface area contributed by atoms with Gasteiger partial charge in [0.25, 0.3) is 0 Å². The monoisotopic (exact) mass is 274 g/mol. The van der Waals surface area contributed by atoms with Crippen LogP contribution in [0.3, 0.4) is 0 Å². The second-order valence-electron chi connectivity index (χ2n) is 6.34. The van der Waals surface area contributed by atoms with E-state index in [4.69, 9.17) is 5.84 Å². The average Bonchev–Trinajstić information content (AvgIpc) is 2.50. The van der Waals surface area contributed by atoms with Crippen molar-refractivity contribution < 1.29 is 0 Å². The Morgan fingerprint density at radius 2 is 1.95 bits per heavy atom. The van der Waals surface area contributed by atoms with E-state index >= 15 is 0 Å². The third kappa shape index (κ3) is 3.83. The predicted molar refractivity (Wildman–Crippen MR) is 86.2 cm³/mol. The maximum absolute atomic E-state index is 5.87. The summed E-state index contributed by atoms with van der Waals surface area (Å²) < 4.78 is 0. The molecule has 1 aliphatic carbocycles. The molecule has 0 amide bonds. The van der Waals surface area contributed by atoms with Gasteiger partial charge in [0.1, 0.15) is 0 Å². The third-order valence-electron chi connectivity index (χ3n) is 4.93. The van der Waals surface area contributed by atoms with Crippen LogP contribution in [0.2, 0.25) is 0 Å². The minimum atomic E-state index is 0.319. The summed E-state index contributed by atoms with van der Waals surface area (Å²) in [5.41, 5.74) is 5.87. The smallest absolute Gasteiger partial charge is 0.0488 e. The van der Waals surface area contributed by atoms with Crippen molar-refractivity contribution in [2.75, 3.05) is 0 Å². The molecule has 2 heteroatoms. The lowest BCUT2D eigenvalue weighted by Gasteiger charge is -2.34. The molecule has 1 aromatic rings. The molecule has 0 aromatic heterocycles. The van der Waals surface area contributed by atoms with Gasteiger partial charge in [0.05, 0.1) is 0 Å². The number of benzene rings is 1. The summed E-state index contributed by atoms with van der Waals surface area (Å²) in [5.74, 6) is 7.45. The molecular formula is C18H30N2. The van der Waals surface area contributed by atoms with Crippen molar-refractivity contribution in [1.29, 1.82) is 0 Å². The zero-order valence-electron chi connectivity index (χ0n) is 13.1. The number of nitrogens with one attached hydrogen (secondary N) is 1. The van der Waals surface area contributed by atoms with Gasteiger partial charge in [0.15, 0.2) is 0 Å². The molecule has 3 N–H and O–H groups in total. The first kappa shape index (κ1) is 15.5. The maximum Gasteiger partial charge on any atom is 0.0488 e. The fraction of sp³-hybridized carbons (Fsp3) is 0.667. The standard InChI is InChI=1S/C18H30N2/c1-3-6-15-9-11-16(12-10-15)18(20-19)17-8-5-7-14(4-2)13-17/h9-12,14,17-18,20H,3-8,13,19H2,1-2H3. The van der Waals surface area contributed by atoms with Crippen LogP contribution >= 0.6 is 0 Å². The van der Waals surface area contributed by atoms with E-state index < -0.39 is 0 Å². The molecule has 1 fully saturated rings. The van der Waals surface area contributed by atoms with E-state index in [1.54, 1.807) is 0 Å². The van der Waals surface area contributed by atoms with Crippen LogP contribution in [0.25, 0.3) is 0 Å². The summed E-state index contributed by atoms with van der Waals surface area (Å²) in [6.45, 7) is 4.54. The number of hydrogen-bond acceptors (Lipinski definition) is 2. The first-order valence-electron chi connectivity index (χ1n) is 8.33. The summed E-state index contributed by atoms with van der Waals surface area (Å²) >= 11 is 0. The molecule has 2 rings (SSSR count). The van der Waals surface area contributed by atoms with E-state index in [9.17, 15) is 0 Å². The van der Waals surface area contributed by atoms with Crippen molar-refractivity contribution in [3.8, 4) is 0 Å². The molecule has 1 aromatic carbocycles.